The van der Waals surface area contributed by atoms with Crippen molar-refractivity contribution < 1.29 is 27.8 Å². The molecule has 2 amide bonds. The van der Waals surface area contributed by atoms with Gasteiger partial charge in [-0.3, -0.25) is 14.6 Å². The van der Waals surface area contributed by atoms with Crippen LogP contribution >= 0.6 is 0 Å². The van der Waals surface area contributed by atoms with E-state index in [0.29, 0.717) is 47.0 Å². The first kappa shape index (κ1) is 24.3. The number of ether oxygens (including phenoxy) is 1. The maximum Gasteiger partial charge on any atom is 0.290 e. The van der Waals surface area contributed by atoms with Crippen molar-refractivity contribution in [3.05, 3.63) is 71.8 Å². The number of rotatable bonds is 8. The molecule has 1 fully saturated rings. The van der Waals surface area contributed by atoms with E-state index in [9.17, 15) is 14.0 Å². The first-order valence-corrected chi connectivity index (χ1v) is 12.0. The van der Waals surface area contributed by atoms with Crippen LogP contribution in [-0.4, -0.2) is 49.3 Å². The molecule has 0 spiro atoms. The molecule has 0 unspecified atom stereocenters. The highest BCUT2D eigenvalue weighted by molar-refractivity contribution is 5.99. The van der Waals surface area contributed by atoms with E-state index in [1.807, 2.05) is 10.6 Å². The molecule has 198 valence electrons. The number of hydrogen-bond donors (Lipinski definition) is 2. The normalized spacial score (nSPS) is 13.8. The van der Waals surface area contributed by atoms with Gasteiger partial charge in [-0.25, -0.2) is 4.39 Å². The lowest BCUT2D eigenvalue weighted by molar-refractivity contribution is -0.124. The lowest BCUT2D eigenvalue weighted by Crippen LogP contribution is -2.48. The van der Waals surface area contributed by atoms with Crippen molar-refractivity contribution in [3.8, 4) is 23.1 Å². The van der Waals surface area contributed by atoms with Gasteiger partial charge in [0.2, 0.25) is 23.4 Å². The third-order valence-electron chi connectivity index (χ3n) is 6.48. The number of aromatic nitrogens is 5. The Bertz CT molecular complexity index is 1700. The highest BCUT2D eigenvalue weighted by Gasteiger charge is 2.51. The van der Waals surface area contributed by atoms with Crippen LogP contribution in [0.3, 0.4) is 0 Å². The number of carbonyl (C=O) groups is 2. The first-order valence-electron chi connectivity index (χ1n) is 12.0. The number of pyridine rings is 1. The van der Waals surface area contributed by atoms with Gasteiger partial charge in [-0.05, 0) is 54.4 Å². The van der Waals surface area contributed by atoms with Gasteiger partial charge in [0.05, 0.1) is 48.5 Å². The van der Waals surface area contributed by atoms with Crippen LogP contribution in [0.25, 0.3) is 28.1 Å². The number of aryl methyl sites for hydroxylation is 1. The fourth-order valence-electron chi connectivity index (χ4n) is 4.30. The van der Waals surface area contributed by atoms with E-state index in [-0.39, 0.29) is 29.9 Å². The van der Waals surface area contributed by atoms with Crippen LogP contribution in [0, 0.1) is 12.7 Å². The molecule has 0 saturated heterocycles. The van der Waals surface area contributed by atoms with Gasteiger partial charge < -0.3 is 29.0 Å². The zero-order chi connectivity index (χ0) is 27.1. The molecule has 39 heavy (non-hydrogen) atoms. The maximum atomic E-state index is 13.9. The Kier molecular flexibility index (Phi) is 5.82. The molecule has 1 saturated carbocycles. The van der Waals surface area contributed by atoms with Gasteiger partial charge in [0.25, 0.3) is 11.8 Å². The molecule has 5 aromatic rings. The SMILES string of the molecule is COc1cc(C(=O)NC2(C(=O)NCc3ccc(-n4c(-c5noc(C)n5)cc5cc(F)ccc54)cn3)CC2)on1. The summed E-state index contributed by atoms with van der Waals surface area (Å²) in [7, 11) is 1.41. The molecule has 1 aliphatic carbocycles. The number of fused-ring (bicyclic) bond motifs is 1. The van der Waals surface area contributed by atoms with Gasteiger partial charge in [-0.2, -0.15) is 4.98 Å². The second kappa shape index (κ2) is 9.35. The van der Waals surface area contributed by atoms with Gasteiger partial charge in [-0.1, -0.05) is 5.16 Å². The van der Waals surface area contributed by atoms with Crippen molar-refractivity contribution >= 4 is 22.7 Å². The number of nitrogens with one attached hydrogen (secondary N) is 2. The van der Waals surface area contributed by atoms with E-state index in [1.165, 1.54) is 25.3 Å². The second-order valence-electron chi connectivity index (χ2n) is 9.17. The van der Waals surface area contributed by atoms with Gasteiger partial charge in [0, 0.05) is 12.3 Å². The fourth-order valence-corrected chi connectivity index (χ4v) is 4.30. The van der Waals surface area contributed by atoms with Crippen molar-refractivity contribution in [1.29, 1.82) is 0 Å². The fraction of sp³-hybridized carbons (Fsp3) is 0.231. The summed E-state index contributed by atoms with van der Waals surface area (Å²) in [6.07, 6.45) is 2.65. The van der Waals surface area contributed by atoms with E-state index in [0.717, 1.165) is 5.52 Å². The van der Waals surface area contributed by atoms with Crippen molar-refractivity contribution in [2.45, 2.75) is 31.8 Å². The Morgan fingerprint density at radius 2 is 1.97 bits per heavy atom. The van der Waals surface area contributed by atoms with Crippen LogP contribution in [-0.2, 0) is 11.3 Å². The minimum absolute atomic E-state index is 0.0428. The highest BCUT2D eigenvalue weighted by Crippen LogP contribution is 2.36. The molecule has 4 aromatic heterocycles. The molecule has 0 radical (unpaired) electrons. The average Bonchev–Trinajstić information content (AvgIpc) is 3.25. The Morgan fingerprint density at radius 3 is 2.64 bits per heavy atom. The number of amides is 2. The number of carbonyl (C=O) groups excluding carboxylic acids is 2. The summed E-state index contributed by atoms with van der Waals surface area (Å²) in [5.74, 6) is -0.329. The number of benzene rings is 1. The minimum Gasteiger partial charge on any atom is -0.479 e. The van der Waals surface area contributed by atoms with Gasteiger partial charge in [0.15, 0.2) is 0 Å². The van der Waals surface area contributed by atoms with Crippen molar-refractivity contribution in [1.82, 2.24) is 35.5 Å². The largest absolute Gasteiger partial charge is 0.479 e. The molecule has 13 heteroatoms. The average molecular weight is 532 g/mol. The summed E-state index contributed by atoms with van der Waals surface area (Å²) < 4.78 is 30.8. The third-order valence-corrected chi connectivity index (χ3v) is 6.48. The quantitative estimate of drug-likeness (QED) is 0.308. The monoisotopic (exact) mass is 531 g/mol. The van der Waals surface area contributed by atoms with E-state index in [2.05, 4.69) is 30.9 Å². The molecular formula is C26H22FN7O5. The number of halogens is 1. The number of hydrogen-bond acceptors (Lipinski definition) is 9. The molecule has 4 heterocycles. The van der Waals surface area contributed by atoms with Gasteiger partial charge in [0.1, 0.15) is 11.4 Å². The number of methoxy groups -OCH3 is 1. The summed E-state index contributed by atoms with van der Waals surface area (Å²) >= 11 is 0. The van der Waals surface area contributed by atoms with E-state index >= 15 is 0 Å². The standard InChI is InChI=1S/C26H22FN7O5/c1-14-30-23(33-38-14)20-10-15-9-16(27)3-6-19(15)34(20)18-5-4-17(28-13-18)12-29-25(36)26(7-8-26)31-24(35)21-11-22(37-2)32-39-21/h3-6,9-11,13H,7-8,12H2,1-2H3,(H,29,36)(H,31,35). The summed E-state index contributed by atoms with van der Waals surface area (Å²) in [5.41, 5.74) is 1.65. The lowest BCUT2D eigenvalue weighted by Gasteiger charge is -2.16. The molecule has 6 rings (SSSR count). The predicted octanol–water partition coefficient (Wildman–Crippen LogP) is 3.10. The highest BCUT2D eigenvalue weighted by atomic mass is 19.1. The van der Waals surface area contributed by atoms with Crippen LogP contribution in [0.1, 0.15) is 35.0 Å². The second-order valence-corrected chi connectivity index (χ2v) is 9.17. The predicted molar refractivity (Wildman–Crippen MR) is 133 cm³/mol. The van der Waals surface area contributed by atoms with Gasteiger partial charge >= 0.3 is 0 Å². The molecule has 2 N–H and O–H groups in total. The minimum atomic E-state index is -1.01. The van der Waals surface area contributed by atoms with Crippen molar-refractivity contribution in [2.75, 3.05) is 7.11 Å². The molecule has 12 nitrogen and oxygen atoms in total. The summed E-state index contributed by atoms with van der Waals surface area (Å²) in [5, 5.41) is 13.8. The Hall–Kier alpha value is -5.07. The Morgan fingerprint density at radius 1 is 1.13 bits per heavy atom. The van der Waals surface area contributed by atoms with Crippen LogP contribution < -0.4 is 15.4 Å². The third kappa shape index (κ3) is 4.58. The molecule has 0 atom stereocenters. The Balaban J connectivity index is 1.18. The smallest absolute Gasteiger partial charge is 0.290 e. The molecule has 0 aliphatic heterocycles. The summed E-state index contributed by atoms with van der Waals surface area (Å²) in [6.45, 7) is 1.84. The lowest BCUT2D eigenvalue weighted by atomic mass is 10.2. The van der Waals surface area contributed by atoms with Crippen molar-refractivity contribution in [3.63, 3.8) is 0 Å². The molecule has 1 aromatic carbocycles. The topological polar surface area (TPSA) is 150 Å². The van der Waals surface area contributed by atoms with Crippen LogP contribution in [0.4, 0.5) is 4.39 Å². The molecule has 0 bridgehead atoms. The Labute approximate surface area is 220 Å². The zero-order valence-electron chi connectivity index (χ0n) is 20.9. The van der Waals surface area contributed by atoms with E-state index in [4.69, 9.17) is 13.8 Å². The summed E-state index contributed by atoms with van der Waals surface area (Å²) in [4.78, 5) is 34.2. The zero-order valence-corrected chi connectivity index (χ0v) is 20.9. The number of nitrogens with zero attached hydrogens (tertiary/aromatic N) is 5. The maximum absolute atomic E-state index is 13.9. The van der Waals surface area contributed by atoms with E-state index in [1.54, 1.807) is 31.3 Å². The van der Waals surface area contributed by atoms with Gasteiger partial charge in [-0.15, -0.1) is 0 Å². The van der Waals surface area contributed by atoms with Crippen molar-refractivity contribution in [2.24, 2.45) is 0 Å². The first-order chi connectivity index (χ1) is 18.8. The molecule has 1 aliphatic rings. The van der Waals surface area contributed by atoms with E-state index < -0.39 is 11.4 Å². The van der Waals surface area contributed by atoms with Crippen LogP contribution in [0.2, 0.25) is 0 Å². The van der Waals surface area contributed by atoms with Crippen LogP contribution in [0.5, 0.6) is 5.88 Å². The molecular weight excluding hydrogens is 509 g/mol. The van der Waals surface area contributed by atoms with Crippen LogP contribution in [0.15, 0.2) is 57.7 Å². The summed E-state index contributed by atoms with van der Waals surface area (Å²) in [6, 6.07) is 11.2.